The van der Waals surface area contributed by atoms with Crippen molar-refractivity contribution in [2.45, 2.75) is 24.9 Å². The average molecular weight is 346 g/mol. The first-order valence-corrected chi connectivity index (χ1v) is 6.28. The van der Waals surface area contributed by atoms with Gasteiger partial charge in [-0.05, 0) is 12.1 Å². The fraction of sp³-hybridized carbons (Fsp3) is 0.500. The summed E-state index contributed by atoms with van der Waals surface area (Å²) in [5.74, 6) is 0. The van der Waals surface area contributed by atoms with Crippen molar-refractivity contribution in [3.05, 3.63) is 36.4 Å². The van der Waals surface area contributed by atoms with Crippen molar-refractivity contribution >= 4 is 0 Å². The minimum atomic E-state index is -0.303. The first-order chi connectivity index (χ1) is 9.65. The molecule has 6 N–H and O–H groups in total. The molecular formula is C12H20N6O2Zn. The molecule has 0 fully saturated rings. The molecule has 2 atom stereocenters. The molecule has 8 nitrogen and oxygen atoms in total. The number of hydrogen-bond donors (Lipinski definition) is 4. The molecule has 112 valence electrons. The molecule has 0 aliphatic rings. The third kappa shape index (κ3) is 8.69. The van der Waals surface area contributed by atoms with E-state index < -0.39 is 0 Å². The van der Waals surface area contributed by atoms with Crippen LogP contribution in [0, 0.1) is 0 Å². The summed E-state index contributed by atoms with van der Waals surface area (Å²) in [7, 11) is 0. The fourth-order valence-electron chi connectivity index (χ4n) is 1.46. The molecule has 0 aliphatic carbocycles. The Balaban J connectivity index is 0.000000364. The first kappa shape index (κ1) is 19.9. The van der Waals surface area contributed by atoms with E-state index in [4.69, 9.17) is 11.5 Å². The van der Waals surface area contributed by atoms with Crippen LogP contribution in [0.5, 0.6) is 0 Å². The largest absolute Gasteiger partial charge is 2.00 e. The fourth-order valence-corrected chi connectivity index (χ4v) is 1.46. The second kappa shape index (κ2) is 11.5. The van der Waals surface area contributed by atoms with E-state index in [0.29, 0.717) is 12.8 Å². The van der Waals surface area contributed by atoms with Crippen molar-refractivity contribution in [1.82, 2.24) is 19.9 Å². The minimum absolute atomic E-state index is 0. The number of nitrogens with zero attached hydrogens (tertiary/aromatic N) is 2. The molecule has 2 heterocycles. The minimum Gasteiger partial charge on any atom is -0.853 e. The molecule has 0 unspecified atom stereocenters. The Kier molecular flexibility index (Phi) is 10.9. The summed E-state index contributed by atoms with van der Waals surface area (Å²) in [6.45, 7) is -0.486. The van der Waals surface area contributed by atoms with Gasteiger partial charge in [-0.3, -0.25) is 0 Å². The maximum absolute atomic E-state index is 10.2. The topological polar surface area (TPSA) is 156 Å². The number of aromatic amines is 2. The SMILES string of the molecule is N[C@H](C[O-])Cc1c[nH]cn1.N[C@H](C[O-])Cc1c[nH]cn1.[Zn+2]. The van der Waals surface area contributed by atoms with Crippen LogP contribution in [0.1, 0.15) is 11.4 Å². The third-order valence-corrected chi connectivity index (χ3v) is 2.48. The van der Waals surface area contributed by atoms with Crippen LogP contribution in [0.25, 0.3) is 0 Å². The Bertz CT molecular complexity index is 394. The molecule has 0 bridgehead atoms. The van der Waals surface area contributed by atoms with Gasteiger partial charge in [0.2, 0.25) is 0 Å². The standard InChI is InChI=1S/2C6H10N3O.Zn/c2*7-5(3-10)1-6-2-8-4-9-6;/h2*2,4-5H,1,3,7H2,(H,8,9);/q2*-1;+2/t2*5-;/m00./s1. The number of rotatable bonds is 6. The zero-order valence-electron chi connectivity index (χ0n) is 11.9. The van der Waals surface area contributed by atoms with Gasteiger partial charge >= 0.3 is 19.5 Å². The number of imidazole rings is 2. The second-order valence-corrected chi connectivity index (χ2v) is 4.38. The van der Waals surface area contributed by atoms with Crippen LogP contribution in [0.2, 0.25) is 0 Å². The molecule has 2 aromatic heterocycles. The van der Waals surface area contributed by atoms with Crippen LogP contribution in [-0.4, -0.2) is 45.2 Å². The zero-order chi connectivity index (χ0) is 14.8. The van der Waals surface area contributed by atoms with Crippen LogP contribution in [0.3, 0.4) is 0 Å². The van der Waals surface area contributed by atoms with Gasteiger partial charge in [0, 0.05) is 25.2 Å². The monoisotopic (exact) mass is 344 g/mol. The summed E-state index contributed by atoms with van der Waals surface area (Å²) in [4.78, 5) is 13.4. The summed E-state index contributed by atoms with van der Waals surface area (Å²) in [5.41, 5.74) is 12.5. The molecule has 0 aromatic carbocycles. The molecule has 0 amide bonds. The normalized spacial score (nSPS) is 12.8. The van der Waals surface area contributed by atoms with Crippen LogP contribution in [-0.2, 0) is 32.3 Å². The first-order valence-electron chi connectivity index (χ1n) is 6.28. The number of nitrogens with two attached hydrogens (primary N) is 2. The van der Waals surface area contributed by atoms with Crippen molar-refractivity contribution in [2.75, 3.05) is 13.2 Å². The van der Waals surface area contributed by atoms with Crippen molar-refractivity contribution in [2.24, 2.45) is 11.5 Å². The molecule has 0 aliphatic heterocycles. The third-order valence-electron chi connectivity index (χ3n) is 2.48. The number of nitrogens with one attached hydrogen (secondary N) is 2. The van der Waals surface area contributed by atoms with E-state index in [1.807, 2.05) is 0 Å². The van der Waals surface area contributed by atoms with Gasteiger partial charge in [0.1, 0.15) is 0 Å². The van der Waals surface area contributed by atoms with E-state index in [-0.39, 0.29) is 44.8 Å². The van der Waals surface area contributed by atoms with E-state index >= 15 is 0 Å². The predicted octanol–water partition coefficient (Wildman–Crippen LogP) is -2.72. The molecule has 0 saturated carbocycles. The summed E-state index contributed by atoms with van der Waals surface area (Å²) in [6.07, 6.45) is 7.77. The Morgan fingerprint density at radius 2 is 1.29 bits per heavy atom. The molecule has 9 heteroatoms. The molecule has 0 saturated heterocycles. The zero-order valence-corrected chi connectivity index (χ0v) is 14.8. The van der Waals surface area contributed by atoms with Gasteiger partial charge in [-0.25, -0.2) is 9.97 Å². The molecule has 0 spiro atoms. The smallest absolute Gasteiger partial charge is 0.853 e. The van der Waals surface area contributed by atoms with Gasteiger partial charge in [-0.2, -0.15) is 0 Å². The van der Waals surface area contributed by atoms with Gasteiger partial charge in [0.25, 0.3) is 0 Å². The van der Waals surface area contributed by atoms with Crippen LogP contribution < -0.4 is 21.7 Å². The predicted molar refractivity (Wildman–Crippen MR) is 70.3 cm³/mol. The van der Waals surface area contributed by atoms with Crippen molar-refractivity contribution < 1.29 is 29.7 Å². The summed E-state index contributed by atoms with van der Waals surface area (Å²) in [6, 6.07) is -0.605. The molecule has 2 rings (SSSR count). The summed E-state index contributed by atoms with van der Waals surface area (Å²) >= 11 is 0. The van der Waals surface area contributed by atoms with Crippen molar-refractivity contribution in [3.8, 4) is 0 Å². The van der Waals surface area contributed by atoms with Crippen LogP contribution >= 0.6 is 0 Å². The van der Waals surface area contributed by atoms with Crippen molar-refractivity contribution in [3.63, 3.8) is 0 Å². The number of H-pyrrole nitrogens is 2. The van der Waals surface area contributed by atoms with Crippen LogP contribution in [0.4, 0.5) is 0 Å². The maximum atomic E-state index is 10.2. The Labute approximate surface area is 136 Å². The Morgan fingerprint density at radius 1 is 0.905 bits per heavy atom. The van der Waals surface area contributed by atoms with E-state index in [9.17, 15) is 10.2 Å². The van der Waals surface area contributed by atoms with Gasteiger partial charge in [0.15, 0.2) is 0 Å². The van der Waals surface area contributed by atoms with Crippen LogP contribution in [0.15, 0.2) is 25.0 Å². The maximum Gasteiger partial charge on any atom is 2.00 e. The molecular weight excluding hydrogens is 326 g/mol. The second-order valence-electron chi connectivity index (χ2n) is 4.38. The van der Waals surface area contributed by atoms with Gasteiger partial charge in [-0.15, -0.1) is 13.2 Å². The quantitative estimate of drug-likeness (QED) is 0.417. The summed E-state index contributed by atoms with van der Waals surface area (Å²) < 4.78 is 0. The Hall–Kier alpha value is -1.12. The van der Waals surface area contributed by atoms with E-state index in [1.165, 1.54) is 0 Å². The van der Waals surface area contributed by atoms with E-state index in [0.717, 1.165) is 11.4 Å². The van der Waals surface area contributed by atoms with Crippen molar-refractivity contribution in [1.29, 1.82) is 0 Å². The summed E-state index contributed by atoms with van der Waals surface area (Å²) in [5, 5.41) is 20.4. The molecule has 0 radical (unpaired) electrons. The number of aromatic nitrogens is 4. The van der Waals surface area contributed by atoms with Gasteiger partial charge in [0.05, 0.1) is 24.0 Å². The Morgan fingerprint density at radius 3 is 1.52 bits per heavy atom. The average Bonchev–Trinajstić information content (AvgIpc) is 3.12. The molecule has 21 heavy (non-hydrogen) atoms. The van der Waals surface area contributed by atoms with Gasteiger partial charge < -0.3 is 31.6 Å². The van der Waals surface area contributed by atoms with E-state index in [1.54, 1.807) is 25.0 Å². The van der Waals surface area contributed by atoms with E-state index in [2.05, 4.69) is 19.9 Å². The molecule has 2 aromatic rings. The van der Waals surface area contributed by atoms with Gasteiger partial charge in [-0.1, -0.05) is 0 Å². The number of hydrogen-bond acceptors (Lipinski definition) is 6.